The normalized spacial score (nSPS) is 17.1. The summed E-state index contributed by atoms with van der Waals surface area (Å²) in [6, 6.07) is 0. The molecule has 1 aliphatic rings. The van der Waals surface area contributed by atoms with E-state index in [2.05, 4.69) is 14.6 Å². The van der Waals surface area contributed by atoms with Crippen molar-refractivity contribution in [1.82, 2.24) is 9.71 Å². The predicted octanol–water partition coefficient (Wildman–Crippen LogP) is 1.23. The number of rotatable bonds is 5. The number of nitrogens with zero attached hydrogens (tertiary/aromatic N) is 2. The van der Waals surface area contributed by atoms with E-state index < -0.39 is 10.0 Å². The zero-order chi connectivity index (χ0) is 13.0. The molecule has 0 radical (unpaired) electrons. The molecule has 1 aliphatic heterocycles. The molecule has 0 bridgehead atoms. The van der Waals surface area contributed by atoms with Gasteiger partial charge in [-0.15, -0.1) is 11.3 Å². The summed E-state index contributed by atoms with van der Waals surface area (Å²) in [7, 11) is -3.09. The summed E-state index contributed by atoms with van der Waals surface area (Å²) in [6.07, 6.45) is 5.62. The van der Waals surface area contributed by atoms with Gasteiger partial charge in [0.2, 0.25) is 10.0 Å². The Morgan fingerprint density at radius 1 is 1.39 bits per heavy atom. The summed E-state index contributed by atoms with van der Waals surface area (Å²) in [6.45, 7) is 2.60. The minimum Gasteiger partial charge on any atom is -0.348 e. The van der Waals surface area contributed by atoms with E-state index >= 15 is 0 Å². The molecule has 0 unspecified atom stereocenters. The minimum absolute atomic E-state index is 0.419. The number of hydrogen-bond acceptors (Lipinski definition) is 5. The smallest absolute Gasteiger partial charge is 0.208 e. The van der Waals surface area contributed by atoms with E-state index in [1.54, 1.807) is 11.3 Å². The van der Waals surface area contributed by atoms with E-state index in [9.17, 15) is 8.42 Å². The summed E-state index contributed by atoms with van der Waals surface area (Å²) in [5.41, 5.74) is 0.969. The van der Waals surface area contributed by atoms with E-state index in [0.717, 1.165) is 23.9 Å². The highest BCUT2D eigenvalue weighted by Crippen LogP contribution is 2.23. The van der Waals surface area contributed by atoms with Gasteiger partial charge in [-0.2, -0.15) is 0 Å². The predicted molar refractivity (Wildman–Crippen MR) is 74.7 cm³/mol. The summed E-state index contributed by atoms with van der Waals surface area (Å²) in [5, 5.41) is 3.09. The number of nitrogens with one attached hydrogen (secondary N) is 1. The van der Waals surface area contributed by atoms with Gasteiger partial charge in [0.05, 0.1) is 11.9 Å². The van der Waals surface area contributed by atoms with Gasteiger partial charge in [-0.1, -0.05) is 0 Å². The highest BCUT2D eigenvalue weighted by Gasteiger charge is 2.14. The van der Waals surface area contributed by atoms with Crippen molar-refractivity contribution >= 4 is 26.5 Å². The lowest BCUT2D eigenvalue weighted by Crippen LogP contribution is -2.29. The Bertz CT molecular complexity index is 478. The average Bonchev–Trinajstić information content (AvgIpc) is 2.77. The molecule has 102 valence electrons. The van der Waals surface area contributed by atoms with Crippen LogP contribution >= 0.6 is 11.3 Å². The molecule has 0 saturated carbocycles. The van der Waals surface area contributed by atoms with Crippen LogP contribution in [0.1, 0.15) is 25.0 Å². The second-order valence-corrected chi connectivity index (χ2v) is 7.26. The third-order valence-electron chi connectivity index (χ3n) is 2.91. The van der Waals surface area contributed by atoms with Gasteiger partial charge in [-0.25, -0.2) is 18.1 Å². The molecule has 2 heterocycles. The summed E-state index contributed by atoms with van der Waals surface area (Å²) >= 11 is 1.65. The number of thiazole rings is 1. The van der Waals surface area contributed by atoms with Crippen LogP contribution in [0.5, 0.6) is 0 Å². The molecule has 0 aromatic carbocycles. The lowest BCUT2D eigenvalue weighted by molar-refractivity contribution is 0.576. The molecule has 1 saturated heterocycles. The van der Waals surface area contributed by atoms with Gasteiger partial charge in [0.25, 0.3) is 0 Å². The molecule has 2 rings (SSSR count). The minimum atomic E-state index is -3.09. The standard InChI is InChI=1S/C11H19N3O2S2/c1-18(15,16)12-6-5-10-9-17-11(13-10)14-7-3-2-4-8-14/h9,12H,2-8H2,1H3. The molecule has 7 heteroatoms. The highest BCUT2D eigenvalue weighted by atomic mass is 32.2. The quantitative estimate of drug-likeness (QED) is 0.885. The van der Waals surface area contributed by atoms with Gasteiger partial charge in [0.15, 0.2) is 5.13 Å². The molecule has 1 fully saturated rings. The van der Waals surface area contributed by atoms with Crippen LogP contribution in [0.4, 0.5) is 5.13 Å². The zero-order valence-electron chi connectivity index (χ0n) is 10.6. The maximum Gasteiger partial charge on any atom is 0.208 e. The van der Waals surface area contributed by atoms with Gasteiger partial charge < -0.3 is 4.90 Å². The Morgan fingerprint density at radius 2 is 2.11 bits per heavy atom. The summed E-state index contributed by atoms with van der Waals surface area (Å²) in [5.74, 6) is 0. The number of sulfonamides is 1. The van der Waals surface area contributed by atoms with Crippen LogP contribution in [0.25, 0.3) is 0 Å². The Hall–Kier alpha value is -0.660. The largest absolute Gasteiger partial charge is 0.348 e. The molecule has 18 heavy (non-hydrogen) atoms. The number of anilines is 1. The number of piperidine rings is 1. The molecular weight excluding hydrogens is 270 g/mol. The van der Waals surface area contributed by atoms with Crippen LogP contribution < -0.4 is 9.62 Å². The first kappa shape index (κ1) is 13.8. The van der Waals surface area contributed by atoms with Crippen molar-refractivity contribution in [3.8, 4) is 0 Å². The second kappa shape index (κ2) is 5.99. The van der Waals surface area contributed by atoms with E-state index in [-0.39, 0.29) is 0 Å². The van der Waals surface area contributed by atoms with Gasteiger partial charge >= 0.3 is 0 Å². The Balaban J connectivity index is 1.85. The van der Waals surface area contributed by atoms with Crippen LogP contribution in [0.3, 0.4) is 0 Å². The first-order valence-electron chi connectivity index (χ1n) is 6.18. The SMILES string of the molecule is CS(=O)(=O)NCCc1csc(N2CCCCC2)n1. The monoisotopic (exact) mass is 289 g/mol. The molecule has 0 spiro atoms. The fourth-order valence-electron chi connectivity index (χ4n) is 2.01. The lowest BCUT2D eigenvalue weighted by atomic mass is 10.1. The first-order valence-corrected chi connectivity index (χ1v) is 8.96. The fraction of sp³-hybridized carbons (Fsp3) is 0.727. The highest BCUT2D eigenvalue weighted by molar-refractivity contribution is 7.88. The fourth-order valence-corrected chi connectivity index (χ4v) is 3.39. The van der Waals surface area contributed by atoms with Crippen molar-refractivity contribution in [2.45, 2.75) is 25.7 Å². The summed E-state index contributed by atoms with van der Waals surface area (Å²) < 4.78 is 24.4. The van der Waals surface area contributed by atoms with Crippen LogP contribution in [0, 0.1) is 0 Å². The maximum atomic E-state index is 10.9. The topological polar surface area (TPSA) is 62.3 Å². The molecule has 1 aromatic rings. The Kier molecular flexibility index (Phi) is 4.58. The molecular formula is C11H19N3O2S2. The summed E-state index contributed by atoms with van der Waals surface area (Å²) in [4.78, 5) is 6.88. The van der Waals surface area contributed by atoms with Gasteiger partial charge in [0.1, 0.15) is 0 Å². The van der Waals surface area contributed by atoms with Crippen molar-refractivity contribution in [3.63, 3.8) is 0 Å². The Morgan fingerprint density at radius 3 is 2.78 bits per heavy atom. The molecule has 1 aromatic heterocycles. The zero-order valence-corrected chi connectivity index (χ0v) is 12.2. The number of hydrogen-bond donors (Lipinski definition) is 1. The number of aromatic nitrogens is 1. The van der Waals surface area contributed by atoms with Crippen LogP contribution in [0.15, 0.2) is 5.38 Å². The molecule has 0 amide bonds. The van der Waals surface area contributed by atoms with Gasteiger partial charge in [-0.05, 0) is 19.3 Å². The van der Waals surface area contributed by atoms with Crippen molar-refractivity contribution < 1.29 is 8.42 Å². The second-order valence-electron chi connectivity index (χ2n) is 4.59. The third-order valence-corrected chi connectivity index (χ3v) is 4.59. The Labute approximate surface area is 112 Å². The van der Waals surface area contributed by atoms with Crippen molar-refractivity contribution in [1.29, 1.82) is 0 Å². The molecule has 0 atom stereocenters. The third kappa shape index (κ3) is 4.22. The van der Waals surface area contributed by atoms with E-state index in [1.807, 2.05) is 5.38 Å². The van der Waals surface area contributed by atoms with Crippen molar-refractivity contribution in [3.05, 3.63) is 11.1 Å². The van der Waals surface area contributed by atoms with Crippen LogP contribution in [0.2, 0.25) is 0 Å². The lowest BCUT2D eigenvalue weighted by Gasteiger charge is -2.25. The molecule has 5 nitrogen and oxygen atoms in total. The van der Waals surface area contributed by atoms with Crippen LogP contribution in [-0.2, 0) is 16.4 Å². The molecule has 1 N–H and O–H groups in total. The van der Waals surface area contributed by atoms with Crippen molar-refractivity contribution in [2.75, 3.05) is 30.8 Å². The van der Waals surface area contributed by atoms with E-state index in [4.69, 9.17) is 0 Å². The van der Waals surface area contributed by atoms with Crippen molar-refractivity contribution in [2.24, 2.45) is 0 Å². The maximum absolute atomic E-state index is 10.9. The van der Waals surface area contributed by atoms with Crippen LogP contribution in [-0.4, -0.2) is 39.3 Å². The van der Waals surface area contributed by atoms with Gasteiger partial charge in [0, 0.05) is 31.4 Å². The van der Waals surface area contributed by atoms with E-state index in [1.165, 1.54) is 25.5 Å². The van der Waals surface area contributed by atoms with Gasteiger partial charge in [-0.3, -0.25) is 0 Å². The average molecular weight is 289 g/mol. The first-order chi connectivity index (χ1) is 8.54. The van der Waals surface area contributed by atoms with E-state index in [0.29, 0.717) is 13.0 Å². The molecule has 0 aliphatic carbocycles.